The molecule has 7 unspecified atom stereocenters. The van der Waals surface area contributed by atoms with Crippen LogP contribution in [0.25, 0.3) is 0 Å². The van der Waals surface area contributed by atoms with E-state index in [9.17, 15) is 14.4 Å². The molecular formula is C43H66N2O8. The van der Waals surface area contributed by atoms with Crippen LogP contribution in [0, 0.1) is 11.8 Å². The van der Waals surface area contributed by atoms with E-state index in [2.05, 4.69) is 30.9 Å². The predicted molar refractivity (Wildman–Crippen MR) is 205 cm³/mol. The number of piperidine rings is 1. The molecular weight excluding hydrogens is 672 g/mol. The highest BCUT2D eigenvalue weighted by molar-refractivity contribution is 5.82. The molecule has 296 valence electrons. The van der Waals surface area contributed by atoms with Crippen LogP contribution < -0.4 is 0 Å². The maximum absolute atomic E-state index is 13.4. The van der Waals surface area contributed by atoms with Gasteiger partial charge < -0.3 is 33.5 Å². The Morgan fingerprint density at radius 2 is 1.51 bits per heavy atom. The molecule has 5 aliphatic heterocycles. The Bertz CT molecular complexity index is 1280. The SMILES string of the molecule is COC(=O)/C=C1\CC2CC(=O)OC(C/C=C/C=C\CCOC(=O)N3CCC(N4CCCCCC4)CC3)C(C)/C=C/C(C)CC3CCCC(CC(C1)O2)O3. The van der Waals surface area contributed by atoms with E-state index in [1.807, 2.05) is 29.2 Å². The third kappa shape index (κ3) is 14.0. The molecule has 0 aromatic heterocycles. The molecule has 0 radical (unpaired) electrons. The largest absolute Gasteiger partial charge is 0.466 e. The second kappa shape index (κ2) is 21.8. The summed E-state index contributed by atoms with van der Waals surface area (Å²) in [5.41, 5.74) is 0.938. The summed E-state index contributed by atoms with van der Waals surface area (Å²) in [5.74, 6) is -0.349. The van der Waals surface area contributed by atoms with Crippen molar-refractivity contribution in [1.82, 2.24) is 9.80 Å². The smallest absolute Gasteiger partial charge is 0.409 e. The monoisotopic (exact) mass is 738 g/mol. The van der Waals surface area contributed by atoms with E-state index >= 15 is 0 Å². The fraction of sp³-hybridized carbons (Fsp3) is 0.744. The van der Waals surface area contributed by atoms with Crippen LogP contribution >= 0.6 is 0 Å². The summed E-state index contributed by atoms with van der Waals surface area (Å²) >= 11 is 0. The molecule has 7 atom stereocenters. The quantitative estimate of drug-likeness (QED) is 0.0615. The van der Waals surface area contributed by atoms with Gasteiger partial charge in [-0.1, -0.05) is 68.7 Å². The van der Waals surface area contributed by atoms with Crippen LogP contribution in [0.4, 0.5) is 4.79 Å². The number of hydrogen-bond donors (Lipinski definition) is 0. The lowest BCUT2D eigenvalue weighted by Crippen LogP contribution is -2.47. The zero-order valence-corrected chi connectivity index (χ0v) is 32.7. The number of likely N-dealkylation sites (tertiary alicyclic amines) is 2. The number of allylic oxidation sites excluding steroid dienone is 3. The fourth-order valence-corrected chi connectivity index (χ4v) is 8.66. The van der Waals surface area contributed by atoms with Gasteiger partial charge in [-0.2, -0.15) is 0 Å². The number of carbonyl (C=O) groups is 3. The van der Waals surface area contributed by atoms with Gasteiger partial charge in [-0.05, 0) is 89.6 Å². The molecule has 4 saturated heterocycles. The number of amides is 1. The summed E-state index contributed by atoms with van der Waals surface area (Å²) in [4.78, 5) is 42.7. The lowest BCUT2D eigenvalue weighted by molar-refractivity contribution is -0.157. The van der Waals surface area contributed by atoms with Gasteiger partial charge in [0.15, 0.2) is 0 Å². The first-order valence-electron chi connectivity index (χ1n) is 20.7. The maximum atomic E-state index is 13.4. The summed E-state index contributed by atoms with van der Waals surface area (Å²) in [7, 11) is 1.38. The number of ether oxygens (including phenoxy) is 5. The van der Waals surface area contributed by atoms with Crippen molar-refractivity contribution >= 4 is 18.0 Å². The van der Waals surface area contributed by atoms with Gasteiger partial charge in [-0.25, -0.2) is 9.59 Å². The van der Waals surface area contributed by atoms with E-state index in [1.54, 1.807) is 6.08 Å². The molecule has 0 saturated carbocycles. The normalized spacial score (nSPS) is 33.0. The number of cyclic esters (lactones) is 1. The number of esters is 2. The van der Waals surface area contributed by atoms with Crippen LogP contribution in [0.3, 0.4) is 0 Å². The minimum atomic E-state index is -0.386. The number of carbonyl (C=O) groups excluding carboxylic acids is 3. The van der Waals surface area contributed by atoms with E-state index in [4.69, 9.17) is 23.7 Å². The molecule has 5 aliphatic rings. The molecule has 10 heteroatoms. The zero-order chi connectivity index (χ0) is 37.4. The van der Waals surface area contributed by atoms with E-state index in [-0.39, 0.29) is 60.9 Å². The van der Waals surface area contributed by atoms with Crippen molar-refractivity contribution in [3.63, 3.8) is 0 Å². The zero-order valence-electron chi connectivity index (χ0n) is 32.7. The van der Waals surface area contributed by atoms with Crippen molar-refractivity contribution in [3.05, 3.63) is 48.1 Å². The standard InChI is InChI=1S/C43H66N2O8/c1-32-17-18-33(2)40(16-9-5-4-8-12-25-50-43(48)45-23-19-35(20-24-45)44-21-10-6-7-11-22-44)53-42(47)31-39-28-34(29-41(46)49-3)27-38(52-39)30-37-15-13-14-36(26-32)51-37/h4-5,8-9,17-18,29,32-33,35-40H,6-7,10-16,19-28,30-31H2,1-3H3/b8-4-,9-5+,18-17+,34-29-. The molecule has 4 bridgehead atoms. The highest BCUT2D eigenvalue weighted by Gasteiger charge is 2.34. The van der Waals surface area contributed by atoms with Crippen molar-refractivity contribution in [2.75, 3.05) is 39.9 Å². The van der Waals surface area contributed by atoms with Crippen LogP contribution in [0.15, 0.2) is 48.1 Å². The molecule has 4 fully saturated rings. The molecule has 5 rings (SSSR count). The van der Waals surface area contributed by atoms with Gasteiger partial charge in [0, 0.05) is 44.0 Å². The molecule has 10 nitrogen and oxygen atoms in total. The van der Waals surface area contributed by atoms with Gasteiger partial charge in [0.2, 0.25) is 0 Å². The minimum absolute atomic E-state index is 0.00611. The third-order valence-electron chi connectivity index (χ3n) is 11.6. The number of hydrogen-bond acceptors (Lipinski definition) is 9. The van der Waals surface area contributed by atoms with Gasteiger partial charge in [0.25, 0.3) is 0 Å². The number of methoxy groups -OCH3 is 1. The molecule has 0 aromatic rings. The number of rotatable bonds is 8. The Hall–Kier alpha value is -2.95. The van der Waals surface area contributed by atoms with E-state index in [1.165, 1.54) is 45.9 Å². The first kappa shape index (κ1) is 41.2. The van der Waals surface area contributed by atoms with Crippen molar-refractivity contribution in [2.24, 2.45) is 11.8 Å². The van der Waals surface area contributed by atoms with Crippen molar-refractivity contribution in [1.29, 1.82) is 0 Å². The lowest BCUT2D eigenvalue weighted by atomic mass is 9.89. The first-order chi connectivity index (χ1) is 25.7. The molecule has 53 heavy (non-hydrogen) atoms. The average Bonchev–Trinajstić information content (AvgIpc) is 3.44. The van der Waals surface area contributed by atoms with Gasteiger partial charge in [-0.15, -0.1) is 0 Å². The molecule has 0 N–H and O–H groups in total. The van der Waals surface area contributed by atoms with Crippen LogP contribution in [-0.4, -0.2) is 104 Å². The Balaban J connectivity index is 1.11. The summed E-state index contributed by atoms with van der Waals surface area (Å²) < 4.78 is 29.6. The maximum Gasteiger partial charge on any atom is 0.409 e. The fourth-order valence-electron chi connectivity index (χ4n) is 8.66. The molecule has 5 heterocycles. The Labute approximate surface area is 318 Å². The minimum Gasteiger partial charge on any atom is -0.466 e. The Morgan fingerprint density at radius 3 is 2.26 bits per heavy atom. The van der Waals surface area contributed by atoms with E-state index in [0.29, 0.717) is 44.2 Å². The predicted octanol–water partition coefficient (Wildman–Crippen LogP) is 7.86. The van der Waals surface area contributed by atoms with Crippen LogP contribution in [0.2, 0.25) is 0 Å². The number of nitrogens with zero attached hydrogens (tertiary/aromatic N) is 2. The van der Waals surface area contributed by atoms with Crippen LogP contribution in [0.5, 0.6) is 0 Å². The lowest BCUT2D eigenvalue weighted by Gasteiger charge is -2.37. The number of fused-ring (bicyclic) bond motifs is 4. The average molecular weight is 739 g/mol. The highest BCUT2D eigenvalue weighted by atomic mass is 16.6. The van der Waals surface area contributed by atoms with Gasteiger partial charge in [0.1, 0.15) is 6.10 Å². The molecule has 0 aromatic carbocycles. The van der Waals surface area contributed by atoms with Gasteiger partial charge in [-0.3, -0.25) is 4.79 Å². The topological polar surface area (TPSA) is 104 Å². The summed E-state index contributed by atoms with van der Waals surface area (Å²) in [5, 5.41) is 0. The molecule has 1 amide bonds. The summed E-state index contributed by atoms with van der Waals surface area (Å²) in [6.45, 7) is 8.61. The van der Waals surface area contributed by atoms with Crippen molar-refractivity contribution in [2.45, 2.75) is 153 Å². The van der Waals surface area contributed by atoms with Crippen molar-refractivity contribution < 1.29 is 38.1 Å². The molecule has 0 aliphatic carbocycles. The van der Waals surface area contributed by atoms with Gasteiger partial charge >= 0.3 is 18.0 Å². The van der Waals surface area contributed by atoms with Gasteiger partial charge in [0.05, 0.1) is 44.6 Å². The van der Waals surface area contributed by atoms with E-state index < -0.39 is 0 Å². The third-order valence-corrected chi connectivity index (χ3v) is 11.6. The Morgan fingerprint density at radius 1 is 0.811 bits per heavy atom. The van der Waals surface area contributed by atoms with Crippen molar-refractivity contribution in [3.8, 4) is 0 Å². The van der Waals surface area contributed by atoms with Crippen LogP contribution in [0.1, 0.15) is 117 Å². The Kier molecular flexibility index (Phi) is 17.0. The van der Waals surface area contributed by atoms with Crippen LogP contribution in [-0.2, 0) is 33.3 Å². The summed E-state index contributed by atoms with van der Waals surface area (Å²) in [6.07, 6.45) is 27.8. The first-order valence-corrected chi connectivity index (χ1v) is 20.7. The second-order valence-electron chi connectivity index (χ2n) is 16.0. The molecule has 0 spiro atoms. The summed E-state index contributed by atoms with van der Waals surface area (Å²) in [6, 6.07) is 0.597. The second-order valence-corrected chi connectivity index (χ2v) is 16.0. The van der Waals surface area contributed by atoms with E-state index in [0.717, 1.165) is 63.6 Å². The highest BCUT2D eigenvalue weighted by Crippen LogP contribution is 2.34.